The van der Waals surface area contributed by atoms with Crippen LogP contribution in [0, 0.1) is 11.8 Å². The summed E-state index contributed by atoms with van der Waals surface area (Å²) in [5.41, 5.74) is -5.55. The Kier molecular flexibility index (Phi) is 6.00. The van der Waals surface area contributed by atoms with Crippen LogP contribution in [0.1, 0.15) is 0 Å². The van der Waals surface area contributed by atoms with Crippen molar-refractivity contribution in [3.63, 3.8) is 0 Å². The summed E-state index contributed by atoms with van der Waals surface area (Å²) in [6, 6.07) is 0. The molecule has 0 aromatic rings. The topological polar surface area (TPSA) is 168 Å². The molecule has 0 heterocycles. The van der Waals surface area contributed by atoms with Gasteiger partial charge in [0.2, 0.25) is 11.2 Å². The number of carbonyl (C=O) groups is 4. The van der Waals surface area contributed by atoms with Gasteiger partial charge >= 0.3 is 23.9 Å². The van der Waals surface area contributed by atoms with E-state index in [0.29, 0.717) is 12.2 Å². The van der Waals surface area contributed by atoms with Crippen molar-refractivity contribution in [1.29, 1.82) is 0 Å². The van der Waals surface area contributed by atoms with Crippen LogP contribution < -0.4 is 0 Å². The Morgan fingerprint density at radius 1 is 0.750 bits per heavy atom. The fourth-order valence-electron chi connectivity index (χ4n) is 2.63. The Labute approximate surface area is 166 Å². The summed E-state index contributed by atoms with van der Waals surface area (Å²) in [7, 11) is 0. The van der Waals surface area contributed by atoms with Gasteiger partial charge in [-0.15, -0.1) is 0 Å². The SMILES string of the molecule is O=C(O)C1C=CC(Cl)=CC1(OOC1(C(=O)O)C=C(Cl)C=CC1C(=O)O)C(=O)O. The third kappa shape index (κ3) is 3.67. The summed E-state index contributed by atoms with van der Waals surface area (Å²) in [5, 5.41) is 37.4. The van der Waals surface area contributed by atoms with Crippen LogP contribution in [-0.2, 0) is 29.0 Å². The molecule has 150 valence electrons. The molecule has 10 nitrogen and oxygen atoms in total. The molecule has 0 saturated carbocycles. The van der Waals surface area contributed by atoms with Gasteiger partial charge in [0, 0.05) is 10.1 Å². The number of aliphatic carboxylic acids is 4. The molecule has 2 aliphatic rings. The number of hydrogen-bond acceptors (Lipinski definition) is 6. The first-order chi connectivity index (χ1) is 13.0. The summed E-state index contributed by atoms with van der Waals surface area (Å²) >= 11 is 11.5. The van der Waals surface area contributed by atoms with Crippen molar-refractivity contribution >= 4 is 47.1 Å². The van der Waals surface area contributed by atoms with E-state index >= 15 is 0 Å². The summed E-state index contributed by atoms with van der Waals surface area (Å²) in [6.07, 6.45) is 5.44. The van der Waals surface area contributed by atoms with E-state index in [1.165, 1.54) is 0 Å². The number of rotatable bonds is 7. The minimum Gasteiger partial charge on any atom is -0.481 e. The molecule has 4 N–H and O–H groups in total. The van der Waals surface area contributed by atoms with Gasteiger partial charge < -0.3 is 20.4 Å². The average Bonchev–Trinajstić information content (AvgIpc) is 2.58. The van der Waals surface area contributed by atoms with Crippen molar-refractivity contribution in [2.24, 2.45) is 11.8 Å². The van der Waals surface area contributed by atoms with Gasteiger partial charge in [0.15, 0.2) is 0 Å². The van der Waals surface area contributed by atoms with Crippen LogP contribution in [0.4, 0.5) is 0 Å². The van der Waals surface area contributed by atoms with E-state index in [0.717, 1.165) is 24.3 Å². The zero-order valence-corrected chi connectivity index (χ0v) is 15.1. The molecule has 4 atom stereocenters. The molecule has 0 aromatic heterocycles. The predicted octanol–water partition coefficient (Wildman–Crippen LogP) is 1.37. The van der Waals surface area contributed by atoms with Gasteiger partial charge in [0.25, 0.3) is 0 Å². The highest BCUT2D eigenvalue weighted by Gasteiger charge is 2.57. The van der Waals surface area contributed by atoms with E-state index in [2.05, 4.69) is 0 Å². The van der Waals surface area contributed by atoms with E-state index in [-0.39, 0.29) is 10.1 Å². The van der Waals surface area contributed by atoms with Crippen LogP contribution in [0.5, 0.6) is 0 Å². The molecule has 0 saturated heterocycles. The lowest BCUT2D eigenvalue weighted by Crippen LogP contribution is -2.56. The van der Waals surface area contributed by atoms with Crippen LogP contribution in [0.15, 0.2) is 46.5 Å². The second kappa shape index (κ2) is 7.76. The molecule has 0 bridgehead atoms. The first-order valence-corrected chi connectivity index (χ1v) is 8.14. The number of halogens is 2. The molecule has 0 spiro atoms. The number of carboxylic acids is 4. The van der Waals surface area contributed by atoms with Crippen molar-refractivity contribution in [2.45, 2.75) is 11.2 Å². The van der Waals surface area contributed by atoms with Crippen LogP contribution in [0.3, 0.4) is 0 Å². The van der Waals surface area contributed by atoms with Crippen LogP contribution in [-0.4, -0.2) is 55.5 Å². The van der Waals surface area contributed by atoms with Crippen LogP contribution in [0.25, 0.3) is 0 Å². The van der Waals surface area contributed by atoms with E-state index in [1.54, 1.807) is 0 Å². The molecule has 12 heteroatoms. The van der Waals surface area contributed by atoms with Crippen LogP contribution >= 0.6 is 23.2 Å². The maximum absolute atomic E-state index is 11.8. The van der Waals surface area contributed by atoms with Crippen molar-refractivity contribution in [1.82, 2.24) is 0 Å². The molecular weight excluding hydrogens is 423 g/mol. The van der Waals surface area contributed by atoms with Gasteiger partial charge in [-0.1, -0.05) is 35.4 Å². The molecule has 0 aliphatic heterocycles. The fraction of sp³-hybridized carbons (Fsp3) is 0.250. The van der Waals surface area contributed by atoms with Gasteiger partial charge in [-0.3, -0.25) is 9.59 Å². The standard InChI is InChI=1S/C16H12Cl2O10/c17-7-1-3-9(11(19)20)15(5-7,13(23)24)27-28-16(14(25)26)6-8(18)2-4-10(16)12(21)22/h1-6,9-10H,(H,19,20)(H,21,22)(H,23,24)(H,25,26). The van der Waals surface area contributed by atoms with Crippen LogP contribution in [0.2, 0.25) is 0 Å². The Bertz CT molecular complexity index is 787. The van der Waals surface area contributed by atoms with Gasteiger partial charge in [0.1, 0.15) is 11.8 Å². The van der Waals surface area contributed by atoms with Gasteiger partial charge in [-0.05, 0) is 24.3 Å². The van der Waals surface area contributed by atoms with E-state index in [1.807, 2.05) is 0 Å². The minimum atomic E-state index is -2.77. The second-order valence-corrected chi connectivity index (χ2v) is 6.64. The molecule has 28 heavy (non-hydrogen) atoms. The third-order valence-electron chi connectivity index (χ3n) is 4.04. The monoisotopic (exact) mass is 434 g/mol. The highest BCUT2D eigenvalue weighted by Crippen LogP contribution is 2.39. The highest BCUT2D eigenvalue weighted by atomic mass is 35.5. The molecule has 2 rings (SSSR count). The van der Waals surface area contributed by atoms with E-state index in [9.17, 15) is 39.6 Å². The van der Waals surface area contributed by atoms with E-state index < -0.39 is 46.9 Å². The molecule has 0 aromatic carbocycles. The highest BCUT2D eigenvalue weighted by molar-refractivity contribution is 6.32. The lowest BCUT2D eigenvalue weighted by atomic mass is 9.83. The quantitative estimate of drug-likeness (QED) is 0.339. The third-order valence-corrected chi connectivity index (χ3v) is 4.51. The molecule has 4 unspecified atom stereocenters. The first kappa shape index (κ1) is 21.6. The van der Waals surface area contributed by atoms with Crippen molar-refractivity contribution < 1.29 is 49.4 Å². The first-order valence-electron chi connectivity index (χ1n) is 7.38. The van der Waals surface area contributed by atoms with Gasteiger partial charge in [-0.25, -0.2) is 19.4 Å². The predicted molar refractivity (Wildman–Crippen MR) is 91.3 cm³/mol. The number of hydrogen-bond donors (Lipinski definition) is 4. The van der Waals surface area contributed by atoms with Crippen molar-refractivity contribution in [3.05, 3.63) is 46.5 Å². The maximum atomic E-state index is 11.8. The molecule has 0 fully saturated rings. The maximum Gasteiger partial charge on any atom is 0.344 e. The smallest absolute Gasteiger partial charge is 0.344 e. The zero-order chi connectivity index (χ0) is 21.3. The molecule has 0 amide bonds. The molecule has 2 aliphatic carbocycles. The fourth-order valence-corrected chi connectivity index (χ4v) is 3.10. The Balaban J connectivity index is 2.53. The van der Waals surface area contributed by atoms with Gasteiger partial charge in [-0.2, -0.15) is 0 Å². The van der Waals surface area contributed by atoms with E-state index in [4.69, 9.17) is 33.0 Å². The minimum absolute atomic E-state index is 0.222. The second-order valence-electron chi connectivity index (χ2n) is 5.77. The van der Waals surface area contributed by atoms with Crippen molar-refractivity contribution in [2.75, 3.05) is 0 Å². The summed E-state index contributed by atoms with van der Waals surface area (Å²) < 4.78 is 0. The Morgan fingerprint density at radius 2 is 1.07 bits per heavy atom. The lowest BCUT2D eigenvalue weighted by Gasteiger charge is -2.37. The van der Waals surface area contributed by atoms with Crippen molar-refractivity contribution in [3.8, 4) is 0 Å². The summed E-state index contributed by atoms with van der Waals surface area (Å²) in [6.45, 7) is 0. The number of carboxylic acid groups (broad SMARTS) is 4. The Hall–Kier alpha value is -2.66. The normalized spacial score (nSPS) is 31.6. The molecule has 0 radical (unpaired) electrons. The summed E-state index contributed by atoms with van der Waals surface area (Å²) in [4.78, 5) is 56.3. The Morgan fingerprint density at radius 3 is 1.32 bits per heavy atom. The summed E-state index contributed by atoms with van der Waals surface area (Å²) in [5.74, 6) is -10.7. The molecular formula is C16H12Cl2O10. The lowest BCUT2D eigenvalue weighted by molar-refractivity contribution is -0.389. The zero-order valence-electron chi connectivity index (χ0n) is 13.6. The number of allylic oxidation sites excluding steroid dienone is 4. The average molecular weight is 435 g/mol. The van der Waals surface area contributed by atoms with Gasteiger partial charge in [0.05, 0.1) is 0 Å². The largest absolute Gasteiger partial charge is 0.481 e.